The van der Waals surface area contributed by atoms with Crippen LogP contribution in [0.15, 0.2) is 0 Å². The van der Waals surface area contributed by atoms with Crippen LogP contribution in [-0.4, -0.2) is 25.0 Å². The van der Waals surface area contributed by atoms with E-state index in [0.29, 0.717) is 0 Å². The van der Waals surface area contributed by atoms with E-state index in [0.717, 1.165) is 18.8 Å². The molecule has 2 nitrogen and oxygen atoms in total. The first-order valence-corrected chi connectivity index (χ1v) is 5.84. The van der Waals surface area contributed by atoms with Crippen LogP contribution in [0, 0.1) is 22.7 Å². The van der Waals surface area contributed by atoms with Crippen molar-refractivity contribution in [2.45, 2.75) is 38.5 Å². The Morgan fingerprint density at radius 2 is 2.00 bits per heavy atom. The number of hydrogen-bond acceptors (Lipinski definition) is 2. The van der Waals surface area contributed by atoms with Crippen LogP contribution in [0.5, 0.6) is 0 Å². The fourth-order valence-corrected chi connectivity index (χ4v) is 2.78. The van der Waals surface area contributed by atoms with Crippen LogP contribution >= 0.6 is 0 Å². The van der Waals surface area contributed by atoms with E-state index in [2.05, 4.69) is 18.0 Å². The third kappa shape index (κ3) is 1.93. The molecular weight excluding hydrogens is 172 g/mol. The van der Waals surface area contributed by atoms with Gasteiger partial charge in [0.05, 0.1) is 11.5 Å². The van der Waals surface area contributed by atoms with Gasteiger partial charge in [0.25, 0.3) is 0 Å². The summed E-state index contributed by atoms with van der Waals surface area (Å²) in [6.07, 6.45) is 7.39. The number of rotatable bonds is 2. The summed E-state index contributed by atoms with van der Waals surface area (Å²) in [4.78, 5) is 2.40. The molecule has 1 heterocycles. The molecule has 0 atom stereocenters. The van der Waals surface area contributed by atoms with Crippen LogP contribution in [0.1, 0.15) is 38.5 Å². The van der Waals surface area contributed by atoms with Gasteiger partial charge in [0.1, 0.15) is 0 Å². The van der Waals surface area contributed by atoms with Crippen molar-refractivity contribution in [3.63, 3.8) is 0 Å². The maximum Gasteiger partial charge on any atom is 0.0689 e. The van der Waals surface area contributed by atoms with Crippen LogP contribution < -0.4 is 0 Å². The number of piperidine rings is 1. The minimum Gasteiger partial charge on any atom is -0.306 e. The maximum atomic E-state index is 9.16. The lowest BCUT2D eigenvalue weighted by atomic mass is 9.64. The fourth-order valence-electron chi connectivity index (χ4n) is 2.78. The third-order valence-electron chi connectivity index (χ3n) is 4.07. The van der Waals surface area contributed by atoms with Crippen molar-refractivity contribution >= 4 is 0 Å². The molecule has 0 aromatic carbocycles. The first kappa shape index (κ1) is 9.98. The third-order valence-corrected chi connectivity index (χ3v) is 4.07. The highest BCUT2D eigenvalue weighted by atomic mass is 15.1. The Morgan fingerprint density at radius 3 is 2.43 bits per heavy atom. The van der Waals surface area contributed by atoms with Crippen molar-refractivity contribution in [1.29, 1.82) is 5.26 Å². The smallest absolute Gasteiger partial charge is 0.0689 e. The van der Waals surface area contributed by atoms with Crippen molar-refractivity contribution in [2.75, 3.05) is 20.1 Å². The second-order valence-electron chi connectivity index (χ2n) is 5.20. The zero-order valence-corrected chi connectivity index (χ0v) is 9.13. The van der Waals surface area contributed by atoms with E-state index < -0.39 is 0 Å². The zero-order chi connectivity index (χ0) is 10.0. The number of nitrogens with zero attached hydrogens (tertiary/aromatic N) is 2. The minimum atomic E-state index is 0.0978. The largest absolute Gasteiger partial charge is 0.306 e. The predicted octanol–water partition coefficient (Wildman–Crippen LogP) is 2.41. The molecule has 0 aromatic heterocycles. The van der Waals surface area contributed by atoms with Gasteiger partial charge < -0.3 is 4.90 Å². The molecule has 2 rings (SSSR count). The van der Waals surface area contributed by atoms with Crippen LogP contribution in [0.3, 0.4) is 0 Å². The SMILES string of the molecule is CN1CCC(CC2(C#N)CCC2)CC1. The highest BCUT2D eigenvalue weighted by Gasteiger charge is 2.39. The van der Waals surface area contributed by atoms with E-state index in [9.17, 15) is 0 Å². The summed E-state index contributed by atoms with van der Waals surface area (Å²) in [5, 5.41) is 9.16. The quantitative estimate of drug-likeness (QED) is 0.672. The summed E-state index contributed by atoms with van der Waals surface area (Å²) in [5.74, 6) is 0.825. The Balaban J connectivity index is 1.83. The van der Waals surface area contributed by atoms with Gasteiger partial charge in [-0.05, 0) is 58.2 Å². The Labute approximate surface area is 86.9 Å². The summed E-state index contributed by atoms with van der Waals surface area (Å²) in [6, 6.07) is 2.56. The van der Waals surface area contributed by atoms with Gasteiger partial charge in [0.2, 0.25) is 0 Å². The van der Waals surface area contributed by atoms with Gasteiger partial charge >= 0.3 is 0 Å². The van der Waals surface area contributed by atoms with Crippen molar-refractivity contribution in [1.82, 2.24) is 4.90 Å². The lowest BCUT2D eigenvalue weighted by molar-refractivity contribution is 0.122. The Bertz CT molecular complexity index is 229. The van der Waals surface area contributed by atoms with Gasteiger partial charge in [0.15, 0.2) is 0 Å². The monoisotopic (exact) mass is 192 g/mol. The van der Waals surface area contributed by atoms with E-state index in [1.807, 2.05) is 0 Å². The molecule has 1 aliphatic carbocycles. The highest BCUT2D eigenvalue weighted by Crippen LogP contribution is 2.46. The van der Waals surface area contributed by atoms with Crippen LogP contribution in [0.4, 0.5) is 0 Å². The summed E-state index contributed by atoms with van der Waals surface area (Å²) in [5.41, 5.74) is 0.0978. The van der Waals surface area contributed by atoms with Crippen LogP contribution in [-0.2, 0) is 0 Å². The summed E-state index contributed by atoms with van der Waals surface area (Å²) >= 11 is 0. The zero-order valence-electron chi connectivity index (χ0n) is 9.13. The number of hydrogen-bond donors (Lipinski definition) is 0. The van der Waals surface area contributed by atoms with E-state index in [-0.39, 0.29) is 5.41 Å². The lowest BCUT2D eigenvalue weighted by Gasteiger charge is -2.40. The maximum absolute atomic E-state index is 9.16. The molecule has 0 amide bonds. The molecule has 2 heteroatoms. The average molecular weight is 192 g/mol. The van der Waals surface area contributed by atoms with E-state index in [4.69, 9.17) is 5.26 Å². The van der Waals surface area contributed by atoms with Gasteiger partial charge in [-0.3, -0.25) is 0 Å². The molecule has 0 N–H and O–H groups in total. The molecular formula is C12H20N2. The summed E-state index contributed by atoms with van der Waals surface area (Å²) in [7, 11) is 2.19. The molecule has 78 valence electrons. The Kier molecular flexibility index (Phi) is 2.78. The molecule has 0 radical (unpaired) electrons. The van der Waals surface area contributed by atoms with Gasteiger partial charge in [-0.15, -0.1) is 0 Å². The molecule has 0 bridgehead atoms. The molecule has 1 saturated carbocycles. The van der Waals surface area contributed by atoms with Crippen molar-refractivity contribution in [3.8, 4) is 6.07 Å². The van der Waals surface area contributed by atoms with E-state index >= 15 is 0 Å². The molecule has 14 heavy (non-hydrogen) atoms. The number of likely N-dealkylation sites (tertiary alicyclic amines) is 1. The molecule has 2 fully saturated rings. The lowest BCUT2D eigenvalue weighted by Crippen LogP contribution is -2.35. The molecule has 2 aliphatic rings. The Morgan fingerprint density at radius 1 is 1.36 bits per heavy atom. The minimum absolute atomic E-state index is 0.0978. The van der Waals surface area contributed by atoms with Gasteiger partial charge in [0, 0.05) is 0 Å². The molecule has 0 aromatic rings. The van der Waals surface area contributed by atoms with Crippen molar-refractivity contribution < 1.29 is 0 Å². The molecule has 0 spiro atoms. The van der Waals surface area contributed by atoms with Gasteiger partial charge in [-0.1, -0.05) is 6.42 Å². The Hall–Kier alpha value is -0.550. The highest BCUT2D eigenvalue weighted by molar-refractivity contribution is 5.05. The topological polar surface area (TPSA) is 27.0 Å². The summed E-state index contributed by atoms with van der Waals surface area (Å²) < 4.78 is 0. The summed E-state index contributed by atoms with van der Waals surface area (Å²) in [6.45, 7) is 2.46. The van der Waals surface area contributed by atoms with E-state index in [1.54, 1.807) is 0 Å². The molecule has 0 unspecified atom stereocenters. The van der Waals surface area contributed by atoms with E-state index in [1.165, 1.54) is 38.8 Å². The second kappa shape index (κ2) is 3.90. The normalized spacial score (nSPS) is 28.0. The standard InChI is InChI=1S/C12H20N2/c1-14-7-3-11(4-8-14)9-12(10-13)5-2-6-12/h11H,2-9H2,1H3. The second-order valence-corrected chi connectivity index (χ2v) is 5.20. The van der Waals surface area contributed by atoms with Crippen molar-refractivity contribution in [2.24, 2.45) is 11.3 Å². The first-order valence-electron chi connectivity index (χ1n) is 5.84. The number of nitriles is 1. The van der Waals surface area contributed by atoms with Crippen LogP contribution in [0.2, 0.25) is 0 Å². The predicted molar refractivity (Wildman–Crippen MR) is 56.7 cm³/mol. The van der Waals surface area contributed by atoms with Gasteiger partial charge in [-0.2, -0.15) is 5.26 Å². The van der Waals surface area contributed by atoms with Crippen LogP contribution in [0.25, 0.3) is 0 Å². The molecule has 1 saturated heterocycles. The molecule has 1 aliphatic heterocycles. The first-order chi connectivity index (χ1) is 6.74. The average Bonchev–Trinajstić information content (AvgIpc) is 2.15. The van der Waals surface area contributed by atoms with Crippen molar-refractivity contribution in [3.05, 3.63) is 0 Å². The van der Waals surface area contributed by atoms with Gasteiger partial charge in [-0.25, -0.2) is 0 Å². The fraction of sp³-hybridized carbons (Fsp3) is 0.917.